The lowest BCUT2D eigenvalue weighted by Gasteiger charge is -2.17. The van der Waals surface area contributed by atoms with E-state index in [0.29, 0.717) is 5.02 Å². The molecule has 1 aromatic heterocycles. The molecule has 6 heteroatoms. The minimum Gasteiger partial charge on any atom is -0.330 e. The fraction of sp³-hybridized carbons (Fsp3) is 0.250. The molecular formula is C20H21BrCl2N2S. The lowest BCUT2D eigenvalue weighted by Crippen LogP contribution is -2.14. The first-order valence-electron chi connectivity index (χ1n) is 8.09. The zero-order valence-electron chi connectivity index (χ0n) is 14.8. The van der Waals surface area contributed by atoms with Gasteiger partial charge in [0.2, 0.25) is 0 Å². The van der Waals surface area contributed by atoms with Crippen molar-refractivity contribution in [3.8, 4) is 0 Å². The number of benzene rings is 2. The van der Waals surface area contributed by atoms with Crippen molar-refractivity contribution in [2.45, 2.75) is 32.6 Å². The van der Waals surface area contributed by atoms with E-state index in [1.165, 1.54) is 10.4 Å². The predicted molar refractivity (Wildman–Crippen MR) is 120 cm³/mol. The summed E-state index contributed by atoms with van der Waals surface area (Å²) < 4.78 is 0. The van der Waals surface area contributed by atoms with Crippen LogP contribution in [0.15, 0.2) is 48.5 Å². The molecule has 1 N–H and O–H groups in total. The number of halogens is 3. The second-order valence-corrected chi connectivity index (χ2v) is 8.88. The minimum atomic E-state index is -0.0291. The van der Waals surface area contributed by atoms with Crippen molar-refractivity contribution in [1.82, 2.24) is 4.98 Å². The Balaban J connectivity index is 0.00000243. The molecule has 0 spiro atoms. The third kappa shape index (κ3) is 5.23. The van der Waals surface area contributed by atoms with Crippen LogP contribution in [0.1, 0.15) is 36.9 Å². The van der Waals surface area contributed by atoms with Crippen molar-refractivity contribution in [2.24, 2.45) is 0 Å². The molecule has 2 nitrogen and oxygen atoms in total. The number of hydrogen-bond acceptors (Lipinski definition) is 3. The normalized spacial score (nSPS) is 11.1. The Hall–Kier alpha value is -1.07. The van der Waals surface area contributed by atoms with Gasteiger partial charge in [0.15, 0.2) is 5.13 Å². The van der Waals surface area contributed by atoms with E-state index < -0.39 is 0 Å². The third-order valence-corrected chi connectivity index (χ3v) is 5.35. The van der Waals surface area contributed by atoms with Gasteiger partial charge in [-0.2, -0.15) is 0 Å². The van der Waals surface area contributed by atoms with E-state index in [1.807, 2.05) is 36.4 Å². The number of rotatable bonds is 4. The van der Waals surface area contributed by atoms with E-state index in [9.17, 15) is 0 Å². The Kier molecular flexibility index (Phi) is 7.14. The molecule has 3 aromatic rings. The maximum absolute atomic E-state index is 6.26. The second-order valence-electron chi connectivity index (χ2n) is 6.95. The lowest BCUT2D eigenvalue weighted by molar-refractivity contribution is 0.568. The van der Waals surface area contributed by atoms with Gasteiger partial charge in [-0.3, -0.25) is 0 Å². The SMILES string of the molecule is Br.CC(C)(C)c1nc(Nc2ccccc2Cl)sc1Cc1ccc(Cl)cc1. The van der Waals surface area contributed by atoms with Gasteiger partial charge < -0.3 is 5.32 Å². The van der Waals surface area contributed by atoms with Gasteiger partial charge in [-0.05, 0) is 29.8 Å². The van der Waals surface area contributed by atoms with Crippen LogP contribution < -0.4 is 5.32 Å². The van der Waals surface area contributed by atoms with Gasteiger partial charge >= 0.3 is 0 Å². The molecule has 3 rings (SSSR count). The number of thiazole rings is 1. The molecule has 0 bridgehead atoms. The van der Waals surface area contributed by atoms with Crippen molar-refractivity contribution < 1.29 is 0 Å². The molecule has 0 saturated heterocycles. The summed E-state index contributed by atoms with van der Waals surface area (Å²) in [5, 5.41) is 5.66. The quantitative estimate of drug-likeness (QED) is 0.422. The summed E-state index contributed by atoms with van der Waals surface area (Å²) in [6.07, 6.45) is 0.839. The Labute approximate surface area is 179 Å². The molecule has 0 aliphatic rings. The summed E-state index contributed by atoms with van der Waals surface area (Å²) in [6.45, 7) is 6.56. The van der Waals surface area contributed by atoms with E-state index in [0.717, 1.165) is 28.0 Å². The molecule has 0 atom stereocenters. The largest absolute Gasteiger partial charge is 0.330 e. The third-order valence-electron chi connectivity index (χ3n) is 3.80. The highest BCUT2D eigenvalue weighted by Gasteiger charge is 2.23. The molecule has 26 heavy (non-hydrogen) atoms. The van der Waals surface area contributed by atoms with Crippen molar-refractivity contribution in [1.29, 1.82) is 0 Å². The molecule has 0 radical (unpaired) electrons. The second kappa shape index (κ2) is 8.75. The van der Waals surface area contributed by atoms with E-state index in [4.69, 9.17) is 28.2 Å². The molecular weight excluding hydrogens is 451 g/mol. The van der Waals surface area contributed by atoms with Crippen LogP contribution in [0.25, 0.3) is 0 Å². The molecule has 1 heterocycles. The highest BCUT2D eigenvalue weighted by molar-refractivity contribution is 8.93. The Morgan fingerprint density at radius 3 is 2.27 bits per heavy atom. The van der Waals surface area contributed by atoms with E-state index in [-0.39, 0.29) is 22.4 Å². The van der Waals surface area contributed by atoms with Crippen LogP contribution in [0.3, 0.4) is 0 Å². The maximum Gasteiger partial charge on any atom is 0.187 e. The minimum absolute atomic E-state index is 0. The highest BCUT2D eigenvalue weighted by Crippen LogP contribution is 2.36. The molecule has 0 amide bonds. The Morgan fingerprint density at radius 2 is 1.65 bits per heavy atom. The van der Waals surface area contributed by atoms with Gasteiger partial charge in [-0.25, -0.2) is 4.98 Å². The first-order chi connectivity index (χ1) is 11.8. The van der Waals surface area contributed by atoms with Crippen LogP contribution in [0.2, 0.25) is 10.0 Å². The molecule has 0 aliphatic heterocycles. The molecule has 138 valence electrons. The van der Waals surface area contributed by atoms with Gasteiger partial charge in [-0.15, -0.1) is 28.3 Å². The molecule has 0 fully saturated rings. The van der Waals surface area contributed by atoms with Crippen LogP contribution in [-0.4, -0.2) is 4.98 Å². The van der Waals surface area contributed by atoms with Crippen LogP contribution in [0.4, 0.5) is 10.8 Å². The van der Waals surface area contributed by atoms with Crippen LogP contribution in [0, 0.1) is 0 Å². The van der Waals surface area contributed by atoms with Crippen molar-refractivity contribution >= 4 is 62.3 Å². The summed E-state index contributed by atoms with van der Waals surface area (Å²) >= 11 is 13.9. The monoisotopic (exact) mass is 470 g/mol. The average molecular weight is 472 g/mol. The Bertz CT molecular complexity index is 870. The zero-order valence-corrected chi connectivity index (χ0v) is 18.9. The van der Waals surface area contributed by atoms with Gasteiger partial charge in [0.1, 0.15) is 0 Å². The first kappa shape index (κ1) is 21.2. The highest BCUT2D eigenvalue weighted by atomic mass is 79.9. The molecule has 0 aliphatic carbocycles. The van der Waals surface area contributed by atoms with Gasteiger partial charge in [0.25, 0.3) is 0 Å². The lowest BCUT2D eigenvalue weighted by atomic mass is 9.90. The smallest absolute Gasteiger partial charge is 0.187 e. The fourth-order valence-corrected chi connectivity index (χ4v) is 4.10. The van der Waals surface area contributed by atoms with Crippen molar-refractivity contribution in [3.63, 3.8) is 0 Å². The zero-order chi connectivity index (χ0) is 18.0. The molecule has 0 saturated carbocycles. The number of nitrogens with one attached hydrogen (secondary N) is 1. The number of anilines is 2. The number of hydrogen-bond donors (Lipinski definition) is 1. The standard InChI is InChI=1S/C20H20Cl2N2S.BrH/c1-20(2,3)18-17(12-13-8-10-14(21)11-9-13)25-19(24-18)23-16-7-5-4-6-15(16)22;/h4-11H,12H2,1-3H3,(H,23,24);1H. The topological polar surface area (TPSA) is 24.9 Å². The van der Waals surface area contributed by atoms with Gasteiger partial charge in [-0.1, -0.05) is 68.2 Å². The van der Waals surface area contributed by atoms with E-state index in [1.54, 1.807) is 11.3 Å². The number of para-hydroxylation sites is 1. The average Bonchev–Trinajstić information content (AvgIpc) is 2.95. The summed E-state index contributed by atoms with van der Waals surface area (Å²) in [5.74, 6) is 0. The summed E-state index contributed by atoms with van der Waals surface area (Å²) in [4.78, 5) is 6.11. The fourth-order valence-electron chi connectivity index (χ4n) is 2.58. The van der Waals surface area contributed by atoms with Crippen LogP contribution >= 0.6 is 51.5 Å². The molecule has 2 aromatic carbocycles. The Morgan fingerprint density at radius 1 is 1.00 bits per heavy atom. The van der Waals surface area contributed by atoms with Crippen molar-refractivity contribution in [2.75, 3.05) is 5.32 Å². The maximum atomic E-state index is 6.26. The summed E-state index contributed by atoms with van der Waals surface area (Å²) in [5.41, 5.74) is 3.18. The first-order valence-corrected chi connectivity index (χ1v) is 9.66. The van der Waals surface area contributed by atoms with E-state index >= 15 is 0 Å². The van der Waals surface area contributed by atoms with E-state index in [2.05, 4.69) is 38.2 Å². The summed E-state index contributed by atoms with van der Waals surface area (Å²) in [7, 11) is 0. The predicted octanol–water partition coefficient (Wildman–Crippen LogP) is 7.66. The van der Waals surface area contributed by atoms with Crippen molar-refractivity contribution in [3.05, 3.63) is 74.7 Å². The number of aromatic nitrogens is 1. The van der Waals surface area contributed by atoms with Gasteiger partial charge in [0, 0.05) is 21.7 Å². The molecule has 0 unspecified atom stereocenters. The van der Waals surface area contributed by atoms with Crippen LogP contribution in [-0.2, 0) is 11.8 Å². The summed E-state index contributed by atoms with van der Waals surface area (Å²) in [6, 6.07) is 15.7. The van der Waals surface area contributed by atoms with Gasteiger partial charge in [0.05, 0.1) is 16.4 Å². The van der Waals surface area contributed by atoms with Crippen LogP contribution in [0.5, 0.6) is 0 Å². The number of nitrogens with zero attached hydrogens (tertiary/aromatic N) is 1.